The van der Waals surface area contributed by atoms with Gasteiger partial charge in [-0.25, -0.2) is 0 Å². The molecule has 1 heterocycles. The van der Waals surface area contributed by atoms with Crippen molar-refractivity contribution in [3.05, 3.63) is 54.6 Å². The monoisotopic (exact) mass is 293 g/mol. The standard InChI is InChI=1S/C18H19N3O/c1-12(2)22-18-6-4-3-5-15(18)17-11-16(20-21-17)13-7-9-14(19)10-8-13/h3-12H,19H2,1-2H3,(H,20,21). The minimum atomic E-state index is 0.126. The summed E-state index contributed by atoms with van der Waals surface area (Å²) >= 11 is 0. The SMILES string of the molecule is CC(C)Oc1ccccc1-c1cc(-c2ccc(N)cc2)n[nH]1. The van der Waals surface area contributed by atoms with Crippen molar-refractivity contribution in [3.63, 3.8) is 0 Å². The van der Waals surface area contributed by atoms with Crippen LogP contribution in [0.15, 0.2) is 54.6 Å². The number of aromatic nitrogens is 2. The molecular weight excluding hydrogens is 274 g/mol. The number of anilines is 1. The molecule has 2 aromatic carbocycles. The molecule has 3 N–H and O–H groups in total. The molecule has 0 aliphatic heterocycles. The average molecular weight is 293 g/mol. The topological polar surface area (TPSA) is 63.9 Å². The Labute approximate surface area is 129 Å². The summed E-state index contributed by atoms with van der Waals surface area (Å²) in [5.74, 6) is 0.852. The molecule has 0 aliphatic carbocycles. The van der Waals surface area contributed by atoms with Crippen LogP contribution in [0.5, 0.6) is 5.75 Å². The Hall–Kier alpha value is -2.75. The third-order valence-electron chi connectivity index (χ3n) is 3.32. The summed E-state index contributed by atoms with van der Waals surface area (Å²) in [6.07, 6.45) is 0.126. The number of rotatable bonds is 4. The van der Waals surface area contributed by atoms with E-state index in [-0.39, 0.29) is 6.10 Å². The Bertz CT molecular complexity index is 760. The van der Waals surface area contributed by atoms with Crippen LogP contribution < -0.4 is 10.5 Å². The highest BCUT2D eigenvalue weighted by molar-refractivity contribution is 5.72. The summed E-state index contributed by atoms with van der Waals surface area (Å²) in [5.41, 5.74) is 10.3. The second-order valence-electron chi connectivity index (χ2n) is 5.45. The minimum absolute atomic E-state index is 0.126. The molecule has 0 saturated heterocycles. The first-order valence-corrected chi connectivity index (χ1v) is 7.31. The van der Waals surface area contributed by atoms with E-state index in [0.29, 0.717) is 0 Å². The first-order chi connectivity index (χ1) is 10.6. The number of aromatic amines is 1. The van der Waals surface area contributed by atoms with Crippen LogP contribution in [0.3, 0.4) is 0 Å². The van der Waals surface area contributed by atoms with Crippen molar-refractivity contribution < 1.29 is 4.74 Å². The minimum Gasteiger partial charge on any atom is -0.490 e. The van der Waals surface area contributed by atoms with Crippen LogP contribution in [0.25, 0.3) is 22.5 Å². The summed E-state index contributed by atoms with van der Waals surface area (Å²) in [7, 11) is 0. The number of ether oxygens (including phenoxy) is 1. The fourth-order valence-electron chi connectivity index (χ4n) is 2.31. The number of nitrogens with two attached hydrogens (primary N) is 1. The number of nitrogens with one attached hydrogen (secondary N) is 1. The fraction of sp³-hybridized carbons (Fsp3) is 0.167. The summed E-state index contributed by atoms with van der Waals surface area (Å²) in [6.45, 7) is 4.03. The Morgan fingerprint density at radius 3 is 2.50 bits per heavy atom. The van der Waals surface area contributed by atoms with E-state index < -0.39 is 0 Å². The molecule has 4 nitrogen and oxygen atoms in total. The van der Waals surface area contributed by atoms with E-state index >= 15 is 0 Å². The fourth-order valence-corrected chi connectivity index (χ4v) is 2.31. The molecule has 1 aromatic heterocycles. The first-order valence-electron chi connectivity index (χ1n) is 7.31. The molecule has 0 atom stereocenters. The van der Waals surface area contributed by atoms with Crippen LogP contribution in [0.4, 0.5) is 5.69 Å². The Morgan fingerprint density at radius 2 is 1.77 bits per heavy atom. The van der Waals surface area contributed by atoms with E-state index in [2.05, 4.69) is 10.2 Å². The van der Waals surface area contributed by atoms with Crippen LogP contribution in [0, 0.1) is 0 Å². The van der Waals surface area contributed by atoms with Gasteiger partial charge in [0, 0.05) is 16.8 Å². The Morgan fingerprint density at radius 1 is 1.05 bits per heavy atom. The van der Waals surface area contributed by atoms with Crippen molar-refractivity contribution in [2.45, 2.75) is 20.0 Å². The van der Waals surface area contributed by atoms with E-state index in [0.717, 1.165) is 34.0 Å². The molecule has 0 amide bonds. The van der Waals surface area contributed by atoms with Gasteiger partial charge in [0.25, 0.3) is 0 Å². The number of H-pyrrole nitrogens is 1. The van der Waals surface area contributed by atoms with Crippen LogP contribution in [0.2, 0.25) is 0 Å². The molecule has 0 aliphatic rings. The molecule has 112 valence electrons. The number of hydrogen-bond donors (Lipinski definition) is 2. The van der Waals surface area contributed by atoms with Crippen molar-refractivity contribution in [1.82, 2.24) is 10.2 Å². The summed E-state index contributed by atoms with van der Waals surface area (Å²) in [6, 6.07) is 17.7. The quantitative estimate of drug-likeness (QED) is 0.711. The zero-order valence-corrected chi connectivity index (χ0v) is 12.7. The largest absolute Gasteiger partial charge is 0.490 e. The maximum atomic E-state index is 5.87. The lowest BCUT2D eigenvalue weighted by Gasteiger charge is -2.12. The van der Waals surface area contributed by atoms with E-state index in [1.807, 2.05) is 68.4 Å². The van der Waals surface area contributed by atoms with Crippen LogP contribution in [0.1, 0.15) is 13.8 Å². The van der Waals surface area contributed by atoms with Gasteiger partial charge in [0.1, 0.15) is 5.75 Å². The first kappa shape index (κ1) is 14.2. The lowest BCUT2D eigenvalue weighted by molar-refractivity contribution is 0.243. The molecule has 0 radical (unpaired) electrons. The average Bonchev–Trinajstić information content (AvgIpc) is 2.97. The Balaban J connectivity index is 1.96. The lowest BCUT2D eigenvalue weighted by Crippen LogP contribution is -2.06. The zero-order valence-electron chi connectivity index (χ0n) is 12.7. The number of para-hydroxylation sites is 1. The normalized spacial score (nSPS) is 10.9. The van der Waals surface area contributed by atoms with Gasteiger partial charge in [0.05, 0.1) is 17.5 Å². The van der Waals surface area contributed by atoms with Gasteiger partial charge in [-0.15, -0.1) is 0 Å². The van der Waals surface area contributed by atoms with E-state index in [1.165, 1.54) is 0 Å². The molecule has 0 saturated carbocycles. The highest BCUT2D eigenvalue weighted by Gasteiger charge is 2.11. The second kappa shape index (κ2) is 5.93. The second-order valence-corrected chi connectivity index (χ2v) is 5.45. The third kappa shape index (κ3) is 2.96. The summed E-state index contributed by atoms with van der Waals surface area (Å²) in [4.78, 5) is 0. The van der Waals surface area contributed by atoms with Gasteiger partial charge < -0.3 is 10.5 Å². The van der Waals surface area contributed by atoms with Crippen molar-refractivity contribution in [1.29, 1.82) is 0 Å². The van der Waals surface area contributed by atoms with Crippen molar-refractivity contribution in [2.24, 2.45) is 0 Å². The summed E-state index contributed by atoms with van der Waals surface area (Å²) in [5, 5.41) is 7.48. The van der Waals surface area contributed by atoms with E-state index in [4.69, 9.17) is 10.5 Å². The van der Waals surface area contributed by atoms with Gasteiger partial charge in [-0.05, 0) is 44.2 Å². The van der Waals surface area contributed by atoms with Crippen LogP contribution in [-0.2, 0) is 0 Å². The van der Waals surface area contributed by atoms with Crippen molar-refractivity contribution in [2.75, 3.05) is 5.73 Å². The number of benzene rings is 2. The molecular formula is C18H19N3O. The van der Waals surface area contributed by atoms with Gasteiger partial charge in [-0.2, -0.15) is 5.10 Å². The molecule has 4 heteroatoms. The van der Waals surface area contributed by atoms with Crippen LogP contribution in [-0.4, -0.2) is 16.3 Å². The van der Waals surface area contributed by atoms with Crippen molar-refractivity contribution in [3.8, 4) is 28.3 Å². The number of hydrogen-bond acceptors (Lipinski definition) is 3. The van der Waals surface area contributed by atoms with Gasteiger partial charge in [-0.1, -0.05) is 24.3 Å². The van der Waals surface area contributed by atoms with Gasteiger partial charge in [0.2, 0.25) is 0 Å². The van der Waals surface area contributed by atoms with E-state index in [1.54, 1.807) is 0 Å². The lowest BCUT2D eigenvalue weighted by atomic mass is 10.1. The molecule has 0 bridgehead atoms. The molecule has 3 aromatic rings. The zero-order chi connectivity index (χ0) is 15.5. The predicted octanol–water partition coefficient (Wildman–Crippen LogP) is 4.11. The molecule has 0 fully saturated rings. The highest BCUT2D eigenvalue weighted by atomic mass is 16.5. The molecule has 3 rings (SSSR count). The molecule has 0 spiro atoms. The number of nitrogen functional groups attached to an aromatic ring is 1. The van der Waals surface area contributed by atoms with Gasteiger partial charge >= 0.3 is 0 Å². The predicted molar refractivity (Wildman–Crippen MR) is 89.6 cm³/mol. The third-order valence-corrected chi connectivity index (χ3v) is 3.32. The highest BCUT2D eigenvalue weighted by Crippen LogP contribution is 2.31. The van der Waals surface area contributed by atoms with Crippen molar-refractivity contribution >= 4 is 5.69 Å². The smallest absolute Gasteiger partial charge is 0.129 e. The van der Waals surface area contributed by atoms with Crippen LogP contribution >= 0.6 is 0 Å². The van der Waals surface area contributed by atoms with Gasteiger partial charge in [-0.3, -0.25) is 5.10 Å². The summed E-state index contributed by atoms with van der Waals surface area (Å²) < 4.78 is 5.87. The number of nitrogens with zero attached hydrogens (tertiary/aromatic N) is 1. The van der Waals surface area contributed by atoms with E-state index in [9.17, 15) is 0 Å². The van der Waals surface area contributed by atoms with Gasteiger partial charge in [0.15, 0.2) is 0 Å². The molecule has 22 heavy (non-hydrogen) atoms. The molecule has 0 unspecified atom stereocenters. The maximum absolute atomic E-state index is 5.87. The Kier molecular flexibility index (Phi) is 3.83. The maximum Gasteiger partial charge on any atom is 0.129 e.